The van der Waals surface area contributed by atoms with Crippen LogP contribution in [-0.4, -0.2) is 69.8 Å². The summed E-state index contributed by atoms with van der Waals surface area (Å²) in [5.74, 6) is -2.00. The highest BCUT2D eigenvalue weighted by Gasteiger charge is 2.36. The number of fused-ring (bicyclic) bond motifs is 1. The molecule has 0 aliphatic carbocycles. The highest BCUT2D eigenvalue weighted by molar-refractivity contribution is 6.31. The molecule has 42 heavy (non-hydrogen) atoms. The topological polar surface area (TPSA) is 132 Å². The second-order valence-electron chi connectivity index (χ2n) is 10.8. The molecular weight excluding hydrogens is 558 g/mol. The van der Waals surface area contributed by atoms with Gasteiger partial charge in [0.2, 0.25) is 11.8 Å². The first-order valence-corrected chi connectivity index (χ1v) is 14.2. The number of amides is 3. The van der Waals surface area contributed by atoms with Crippen LogP contribution in [0.1, 0.15) is 51.2 Å². The molecule has 1 fully saturated rings. The van der Waals surface area contributed by atoms with Crippen LogP contribution in [0.25, 0.3) is 0 Å². The summed E-state index contributed by atoms with van der Waals surface area (Å²) in [4.78, 5) is 60.3. The van der Waals surface area contributed by atoms with Crippen LogP contribution in [-0.2, 0) is 22.6 Å². The summed E-state index contributed by atoms with van der Waals surface area (Å²) < 4.78 is 0. The van der Waals surface area contributed by atoms with E-state index < -0.39 is 23.8 Å². The Morgan fingerprint density at radius 3 is 2.60 bits per heavy atom. The van der Waals surface area contributed by atoms with Gasteiger partial charge in [-0.25, -0.2) is 4.79 Å². The van der Waals surface area contributed by atoms with Crippen molar-refractivity contribution in [2.24, 2.45) is 5.92 Å². The lowest BCUT2D eigenvalue weighted by molar-refractivity contribution is -0.120. The Morgan fingerprint density at radius 1 is 1.10 bits per heavy atom. The number of aromatic carboxylic acids is 1. The summed E-state index contributed by atoms with van der Waals surface area (Å²) in [5, 5.41) is 15.8. The monoisotopic (exact) mass is 589 g/mol. The number of piperidine rings is 1. The second kappa shape index (κ2) is 12.7. The van der Waals surface area contributed by atoms with Gasteiger partial charge in [0.15, 0.2) is 0 Å². The maximum absolute atomic E-state index is 13.9. The lowest BCUT2D eigenvalue weighted by atomic mass is 9.93. The average molecular weight is 590 g/mol. The molecule has 0 spiro atoms. The standard InChI is InChI=1S/C31H32ClN5O5/c1-36-12-9-19(10-13-36)15-28(38)34-25-14-20(5-7-24(25)31(41)42)18-37-27(17-22-4-2-3-11-33-22)29(39)35-26-16-21(32)6-8-23(26)30(37)40/h2-8,11,14,16,19,27H,9-10,12-13,15,17-18H2,1H3,(H,34,38)(H,35,39)(H,41,42). The van der Waals surface area contributed by atoms with E-state index in [1.165, 1.54) is 17.0 Å². The van der Waals surface area contributed by atoms with Crippen molar-refractivity contribution in [3.8, 4) is 0 Å². The Kier molecular flexibility index (Phi) is 8.84. The largest absolute Gasteiger partial charge is 0.478 e. The van der Waals surface area contributed by atoms with Gasteiger partial charge in [0.25, 0.3) is 5.91 Å². The molecule has 11 heteroatoms. The first-order chi connectivity index (χ1) is 20.2. The van der Waals surface area contributed by atoms with E-state index >= 15 is 0 Å². The van der Waals surface area contributed by atoms with Crippen molar-refractivity contribution in [3.05, 3.63) is 88.2 Å². The minimum Gasteiger partial charge on any atom is -0.478 e. The fourth-order valence-corrected chi connectivity index (χ4v) is 5.64. The molecule has 0 bridgehead atoms. The number of pyridine rings is 1. The minimum atomic E-state index is -1.18. The Balaban J connectivity index is 1.44. The van der Waals surface area contributed by atoms with E-state index in [-0.39, 0.29) is 41.6 Å². The number of hydrogen-bond acceptors (Lipinski definition) is 6. The van der Waals surface area contributed by atoms with Gasteiger partial charge in [-0.05, 0) is 86.9 Å². The normalized spacial score (nSPS) is 17.8. The lowest BCUT2D eigenvalue weighted by Crippen LogP contribution is -2.46. The Bertz CT molecular complexity index is 1510. The van der Waals surface area contributed by atoms with E-state index in [4.69, 9.17) is 11.6 Å². The zero-order valence-corrected chi connectivity index (χ0v) is 23.9. The zero-order chi connectivity index (χ0) is 29.8. The van der Waals surface area contributed by atoms with Gasteiger partial charge >= 0.3 is 5.97 Å². The summed E-state index contributed by atoms with van der Waals surface area (Å²) in [6, 6.07) is 13.7. The third-order valence-electron chi connectivity index (χ3n) is 7.79. The summed E-state index contributed by atoms with van der Waals surface area (Å²) in [7, 11) is 2.05. The molecule has 5 rings (SSSR count). The molecule has 10 nitrogen and oxygen atoms in total. The first kappa shape index (κ1) is 29.2. The van der Waals surface area contributed by atoms with Crippen molar-refractivity contribution in [3.63, 3.8) is 0 Å². The number of nitrogens with zero attached hydrogens (tertiary/aromatic N) is 3. The van der Waals surface area contributed by atoms with Crippen molar-refractivity contribution >= 4 is 46.7 Å². The summed E-state index contributed by atoms with van der Waals surface area (Å²) >= 11 is 6.15. The quantitative estimate of drug-likeness (QED) is 0.357. The van der Waals surface area contributed by atoms with Crippen molar-refractivity contribution < 1.29 is 24.3 Å². The number of carbonyl (C=O) groups excluding carboxylic acids is 3. The van der Waals surface area contributed by atoms with Gasteiger partial charge < -0.3 is 25.5 Å². The number of carboxylic acids is 1. The van der Waals surface area contributed by atoms with Crippen LogP contribution in [0.15, 0.2) is 60.8 Å². The number of carbonyl (C=O) groups is 4. The van der Waals surface area contributed by atoms with Crippen molar-refractivity contribution in [1.29, 1.82) is 0 Å². The molecule has 218 valence electrons. The van der Waals surface area contributed by atoms with Gasteiger partial charge in [-0.1, -0.05) is 23.7 Å². The number of benzene rings is 2. The van der Waals surface area contributed by atoms with E-state index in [0.717, 1.165) is 25.9 Å². The molecule has 3 heterocycles. The zero-order valence-electron chi connectivity index (χ0n) is 23.2. The number of nitrogens with one attached hydrogen (secondary N) is 2. The summed E-state index contributed by atoms with van der Waals surface area (Å²) in [5.41, 5.74) is 1.87. The molecule has 1 atom stereocenters. The molecule has 2 aromatic carbocycles. The van der Waals surface area contributed by atoms with Crippen LogP contribution in [0.3, 0.4) is 0 Å². The first-order valence-electron chi connectivity index (χ1n) is 13.8. The highest BCUT2D eigenvalue weighted by atomic mass is 35.5. The maximum Gasteiger partial charge on any atom is 0.337 e. The molecule has 0 radical (unpaired) electrons. The number of carboxylic acid groups (broad SMARTS) is 1. The number of aromatic nitrogens is 1. The van der Waals surface area contributed by atoms with E-state index in [2.05, 4.69) is 20.5 Å². The number of anilines is 2. The van der Waals surface area contributed by atoms with E-state index in [1.807, 2.05) is 13.1 Å². The Morgan fingerprint density at radius 2 is 1.88 bits per heavy atom. The number of halogens is 1. The average Bonchev–Trinajstić information content (AvgIpc) is 3.04. The van der Waals surface area contributed by atoms with Crippen LogP contribution in [0, 0.1) is 5.92 Å². The van der Waals surface area contributed by atoms with Crippen LogP contribution in [0.5, 0.6) is 0 Å². The van der Waals surface area contributed by atoms with Crippen LogP contribution in [0.4, 0.5) is 11.4 Å². The summed E-state index contributed by atoms with van der Waals surface area (Å²) in [6.07, 6.45) is 3.88. The van der Waals surface area contributed by atoms with Gasteiger partial charge in [0.05, 0.1) is 22.5 Å². The number of rotatable bonds is 8. The minimum absolute atomic E-state index is 0.0104. The van der Waals surface area contributed by atoms with Crippen molar-refractivity contribution in [2.75, 3.05) is 30.8 Å². The van der Waals surface area contributed by atoms with E-state index in [9.17, 15) is 24.3 Å². The van der Waals surface area contributed by atoms with Gasteiger partial charge in [0, 0.05) is 36.3 Å². The lowest BCUT2D eigenvalue weighted by Gasteiger charge is -2.29. The Hall–Kier alpha value is -4.28. The van der Waals surface area contributed by atoms with E-state index in [1.54, 1.807) is 42.6 Å². The maximum atomic E-state index is 13.9. The highest BCUT2D eigenvalue weighted by Crippen LogP contribution is 2.30. The molecule has 1 aromatic heterocycles. The molecule has 3 N–H and O–H groups in total. The predicted molar refractivity (Wildman–Crippen MR) is 159 cm³/mol. The molecule has 2 aliphatic rings. The van der Waals surface area contributed by atoms with Crippen LogP contribution < -0.4 is 10.6 Å². The molecule has 2 aliphatic heterocycles. The van der Waals surface area contributed by atoms with Crippen molar-refractivity contribution in [2.45, 2.75) is 38.3 Å². The second-order valence-corrected chi connectivity index (χ2v) is 11.3. The fourth-order valence-electron chi connectivity index (χ4n) is 5.47. The van der Waals surface area contributed by atoms with Crippen molar-refractivity contribution in [1.82, 2.24) is 14.8 Å². The number of hydrogen-bond donors (Lipinski definition) is 3. The molecule has 1 unspecified atom stereocenters. The molecular formula is C31H32ClN5O5. The van der Waals surface area contributed by atoms with Gasteiger partial charge in [-0.2, -0.15) is 0 Å². The third kappa shape index (κ3) is 6.78. The van der Waals surface area contributed by atoms with Gasteiger partial charge in [-0.3, -0.25) is 19.4 Å². The van der Waals surface area contributed by atoms with Crippen LogP contribution in [0.2, 0.25) is 5.02 Å². The molecule has 3 amide bonds. The fraction of sp³-hybridized carbons (Fsp3) is 0.323. The molecule has 0 saturated carbocycles. The van der Waals surface area contributed by atoms with Crippen LogP contribution >= 0.6 is 11.6 Å². The Labute approximate surface area is 248 Å². The van der Waals surface area contributed by atoms with Gasteiger partial charge in [0.1, 0.15) is 6.04 Å². The third-order valence-corrected chi connectivity index (χ3v) is 8.03. The number of likely N-dealkylation sites (tertiary alicyclic amines) is 1. The summed E-state index contributed by atoms with van der Waals surface area (Å²) in [6.45, 7) is 1.82. The van der Waals surface area contributed by atoms with Gasteiger partial charge in [-0.15, -0.1) is 0 Å². The van der Waals surface area contributed by atoms with E-state index in [0.29, 0.717) is 28.4 Å². The smallest absolute Gasteiger partial charge is 0.337 e. The molecule has 1 saturated heterocycles. The predicted octanol–water partition coefficient (Wildman–Crippen LogP) is 4.31. The SMILES string of the molecule is CN1CCC(CC(=O)Nc2cc(CN3C(=O)c4ccc(Cl)cc4NC(=O)C3Cc3ccccn3)ccc2C(=O)O)CC1. The molecule has 3 aromatic rings.